The van der Waals surface area contributed by atoms with Gasteiger partial charge in [0, 0.05) is 39.0 Å². The van der Waals surface area contributed by atoms with Crippen LogP contribution in [0.3, 0.4) is 0 Å². The summed E-state index contributed by atoms with van der Waals surface area (Å²) in [5, 5.41) is 0. The lowest BCUT2D eigenvalue weighted by Crippen LogP contribution is -2.50. The van der Waals surface area contributed by atoms with Gasteiger partial charge in [0.25, 0.3) is 0 Å². The second kappa shape index (κ2) is 18.2. The molecular formula is C26H46N2O2. The summed E-state index contributed by atoms with van der Waals surface area (Å²) in [5.41, 5.74) is 0. The van der Waals surface area contributed by atoms with Crippen molar-refractivity contribution < 1.29 is 9.59 Å². The third-order valence-electron chi connectivity index (χ3n) is 6.08. The highest BCUT2D eigenvalue weighted by Crippen LogP contribution is 2.13. The van der Waals surface area contributed by atoms with Gasteiger partial charge < -0.3 is 9.80 Å². The molecule has 0 radical (unpaired) electrons. The van der Waals surface area contributed by atoms with E-state index in [1.807, 2.05) is 22.0 Å². The topological polar surface area (TPSA) is 40.6 Å². The van der Waals surface area contributed by atoms with E-state index in [4.69, 9.17) is 0 Å². The second-order valence-corrected chi connectivity index (χ2v) is 8.66. The highest BCUT2D eigenvalue weighted by Gasteiger charge is 2.23. The Morgan fingerprint density at radius 3 is 1.17 bits per heavy atom. The summed E-state index contributed by atoms with van der Waals surface area (Å²) >= 11 is 0. The second-order valence-electron chi connectivity index (χ2n) is 8.66. The van der Waals surface area contributed by atoms with Crippen LogP contribution in [0.2, 0.25) is 0 Å². The molecule has 1 aliphatic rings. The van der Waals surface area contributed by atoms with Crippen LogP contribution in [0.25, 0.3) is 0 Å². The van der Waals surface area contributed by atoms with Crippen molar-refractivity contribution >= 4 is 11.8 Å². The molecule has 0 aromatic rings. The maximum Gasteiger partial charge on any atom is 0.222 e. The van der Waals surface area contributed by atoms with Crippen LogP contribution in [0.1, 0.15) is 103 Å². The molecule has 172 valence electrons. The normalized spacial score (nSPS) is 14.0. The Morgan fingerprint density at radius 1 is 0.533 bits per heavy atom. The van der Waals surface area contributed by atoms with E-state index in [1.54, 1.807) is 0 Å². The van der Waals surface area contributed by atoms with Crippen molar-refractivity contribution in [3.63, 3.8) is 0 Å². The van der Waals surface area contributed by atoms with Crippen LogP contribution in [-0.4, -0.2) is 47.8 Å². The van der Waals surface area contributed by atoms with Gasteiger partial charge in [-0.2, -0.15) is 0 Å². The minimum absolute atomic E-state index is 0.269. The lowest BCUT2D eigenvalue weighted by molar-refractivity contribution is -0.139. The largest absolute Gasteiger partial charge is 0.339 e. The van der Waals surface area contributed by atoms with Crippen LogP contribution in [0, 0.1) is 0 Å². The average Bonchev–Trinajstić information content (AvgIpc) is 2.77. The van der Waals surface area contributed by atoms with Crippen LogP contribution < -0.4 is 0 Å². The first-order valence-electron chi connectivity index (χ1n) is 12.5. The van der Waals surface area contributed by atoms with E-state index >= 15 is 0 Å². The molecule has 4 heteroatoms. The molecule has 1 saturated heterocycles. The number of carbonyl (C=O) groups excluding carboxylic acids is 2. The summed E-state index contributed by atoms with van der Waals surface area (Å²) in [5.74, 6) is 0.537. The molecule has 0 atom stereocenters. The van der Waals surface area contributed by atoms with E-state index in [9.17, 15) is 9.59 Å². The van der Waals surface area contributed by atoms with E-state index in [2.05, 4.69) is 13.2 Å². The monoisotopic (exact) mass is 418 g/mol. The number of hydrogen-bond acceptors (Lipinski definition) is 2. The van der Waals surface area contributed by atoms with Gasteiger partial charge >= 0.3 is 0 Å². The van der Waals surface area contributed by atoms with Gasteiger partial charge in [0.2, 0.25) is 11.8 Å². The van der Waals surface area contributed by atoms with Crippen LogP contribution in [-0.2, 0) is 9.59 Å². The lowest BCUT2D eigenvalue weighted by Gasteiger charge is -2.35. The number of allylic oxidation sites excluding steroid dienone is 2. The standard InChI is InChI=1S/C26H46N2O2/c1-3-5-7-9-11-13-15-17-19-25(29)27-21-23-28(24-22-27)26(30)20-18-16-14-12-10-8-6-4-2/h3-4H,1-2,5-24H2. The molecule has 0 aliphatic carbocycles. The SMILES string of the molecule is C=CCCCCCCCCC(=O)N1CCN(C(=O)CCCCCCCCC=C)CC1. The van der Waals surface area contributed by atoms with Crippen LogP contribution >= 0.6 is 0 Å². The average molecular weight is 419 g/mol. The van der Waals surface area contributed by atoms with Crippen molar-refractivity contribution in [2.24, 2.45) is 0 Å². The Balaban J connectivity index is 2.01. The molecule has 0 spiro atoms. The minimum Gasteiger partial charge on any atom is -0.339 e. The van der Waals surface area contributed by atoms with Gasteiger partial charge in [-0.05, 0) is 38.5 Å². The molecular weight excluding hydrogens is 372 g/mol. The molecule has 0 unspecified atom stereocenters. The smallest absolute Gasteiger partial charge is 0.222 e. The van der Waals surface area contributed by atoms with Crippen molar-refractivity contribution in [3.05, 3.63) is 25.3 Å². The number of piperazine rings is 1. The molecule has 4 nitrogen and oxygen atoms in total. The van der Waals surface area contributed by atoms with Crippen molar-refractivity contribution in [1.29, 1.82) is 0 Å². The summed E-state index contributed by atoms with van der Waals surface area (Å²) in [6, 6.07) is 0. The quantitative estimate of drug-likeness (QED) is 0.194. The first kappa shape index (κ1) is 26.5. The van der Waals surface area contributed by atoms with Crippen LogP contribution in [0.4, 0.5) is 0 Å². The molecule has 1 rings (SSSR count). The maximum atomic E-state index is 12.4. The number of rotatable bonds is 18. The molecule has 30 heavy (non-hydrogen) atoms. The van der Waals surface area contributed by atoms with E-state index in [0.29, 0.717) is 39.0 Å². The lowest BCUT2D eigenvalue weighted by atomic mass is 10.1. The highest BCUT2D eigenvalue weighted by molar-refractivity contribution is 5.78. The summed E-state index contributed by atoms with van der Waals surface area (Å²) in [7, 11) is 0. The third-order valence-corrected chi connectivity index (χ3v) is 6.08. The van der Waals surface area contributed by atoms with Gasteiger partial charge in [-0.1, -0.05) is 63.5 Å². The van der Waals surface area contributed by atoms with Gasteiger partial charge in [-0.15, -0.1) is 13.2 Å². The Morgan fingerprint density at radius 2 is 0.833 bits per heavy atom. The Labute approximate surface area is 185 Å². The van der Waals surface area contributed by atoms with E-state index in [-0.39, 0.29) is 11.8 Å². The molecule has 0 aromatic heterocycles. The van der Waals surface area contributed by atoms with Gasteiger partial charge in [-0.25, -0.2) is 0 Å². The van der Waals surface area contributed by atoms with Crippen molar-refractivity contribution in [2.75, 3.05) is 26.2 Å². The minimum atomic E-state index is 0.269. The zero-order chi connectivity index (χ0) is 21.9. The van der Waals surface area contributed by atoms with Crippen molar-refractivity contribution in [2.45, 2.75) is 103 Å². The van der Waals surface area contributed by atoms with Gasteiger partial charge in [0.1, 0.15) is 0 Å². The van der Waals surface area contributed by atoms with Crippen molar-refractivity contribution in [3.8, 4) is 0 Å². The summed E-state index contributed by atoms with van der Waals surface area (Å²) in [6.45, 7) is 10.3. The number of hydrogen-bond donors (Lipinski definition) is 0. The molecule has 1 heterocycles. The molecule has 1 fully saturated rings. The molecule has 2 amide bonds. The molecule has 0 bridgehead atoms. The molecule has 0 saturated carbocycles. The fourth-order valence-corrected chi connectivity index (χ4v) is 4.07. The summed E-state index contributed by atoms with van der Waals surface area (Å²) in [6.07, 6.45) is 21.8. The Kier molecular flexibility index (Phi) is 16.1. The van der Waals surface area contributed by atoms with E-state index < -0.39 is 0 Å². The van der Waals surface area contributed by atoms with Gasteiger partial charge in [0.05, 0.1) is 0 Å². The van der Waals surface area contributed by atoms with Crippen molar-refractivity contribution in [1.82, 2.24) is 9.80 Å². The first-order valence-corrected chi connectivity index (χ1v) is 12.5. The fraction of sp³-hybridized carbons (Fsp3) is 0.769. The zero-order valence-electron chi connectivity index (χ0n) is 19.4. The van der Waals surface area contributed by atoms with E-state index in [1.165, 1.54) is 51.4 Å². The third kappa shape index (κ3) is 12.9. The van der Waals surface area contributed by atoms with Gasteiger partial charge in [-0.3, -0.25) is 9.59 Å². The number of amides is 2. The summed E-state index contributed by atoms with van der Waals surface area (Å²) < 4.78 is 0. The first-order chi connectivity index (χ1) is 14.7. The summed E-state index contributed by atoms with van der Waals surface area (Å²) in [4.78, 5) is 28.7. The number of carbonyl (C=O) groups is 2. The Bertz CT molecular complexity index is 437. The number of unbranched alkanes of at least 4 members (excludes halogenated alkanes) is 12. The number of nitrogens with zero attached hydrogens (tertiary/aromatic N) is 2. The van der Waals surface area contributed by atoms with Crippen LogP contribution in [0.15, 0.2) is 25.3 Å². The predicted molar refractivity (Wildman–Crippen MR) is 127 cm³/mol. The maximum absolute atomic E-state index is 12.4. The molecule has 0 N–H and O–H groups in total. The van der Waals surface area contributed by atoms with Gasteiger partial charge in [0.15, 0.2) is 0 Å². The molecule has 0 aromatic carbocycles. The Hall–Kier alpha value is -1.58. The fourth-order valence-electron chi connectivity index (χ4n) is 4.07. The van der Waals surface area contributed by atoms with Crippen LogP contribution in [0.5, 0.6) is 0 Å². The predicted octanol–water partition coefficient (Wildman–Crippen LogP) is 6.27. The highest BCUT2D eigenvalue weighted by atomic mass is 16.2. The van der Waals surface area contributed by atoms with E-state index in [0.717, 1.165) is 38.5 Å². The zero-order valence-corrected chi connectivity index (χ0v) is 19.4. The molecule has 1 aliphatic heterocycles.